The third-order valence-corrected chi connectivity index (χ3v) is 4.29. The molecule has 2 aromatic rings. The Morgan fingerprint density at radius 2 is 1.55 bits per heavy atom. The van der Waals surface area contributed by atoms with Crippen LogP contribution in [0.25, 0.3) is 0 Å². The van der Waals surface area contributed by atoms with Crippen molar-refractivity contribution in [2.45, 2.75) is 13.1 Å². The molecule has 6 nitrogen and oxygen atoms in total. The molecule has 0 fully saturated rings. The monoisotopic (exact) mass is 471 g/mol. The average Bonchev–Trinajstić information content (AvgIpc) is 2.66. The average molecular weight is 472 g/mol. The van der Waals surface area contributed by atoms with Crippen LogP contribution in [-0.4, -0.2) is 30.8 Å². The van der Waals surface area contributed by atoms with Crippen molar-refractivity contribution in [3.8, 4) is 0 Å². The normalized spacial score (nSPS) is 10.9. The van der Waals surface area contributed by atoms with Gasteiger partial charge in [0.25, 0.3) is 5.91 Å². The van der Waals surface area contributed by atoms with Crippen molar-refractivity contribution < 1.29 is 27.6 Å². The smallest absolute Gasteiger partial charge is 0.345 e. The summed E-state index contributed by atoms with van der Waals surface area (Å²) in [5.41, 5.74) is 0.541. The number of benzene rings is 2. The number of anilines is 1. The highest BCUT2D eigenvalue weighted by atomic mass is 79.9. The Bertz CT molecular complexity index is 915. The topological polar surface area (TPSA) is 87.3 Å². The molecule has 10 heteroatoms. The van der Waals surface area contributed by atoms with Gasteiger partial charge in [0.2, 0.25) is 11.8 Å². The van der Waals surface area contributed by atoms with Gasteiger partial charge in [-0.1, -0.05) is 15.9 Å². The Hall–Kier alpha value is -2.88. The summed E-state index contributed by atoms with van der Waals surface area (Å²) >= 11 is 3.32. The van der Waals surface area contributed by atoms with E-state index >= 15 is 0 Å². The van der Waals surface area contributed by atoms with E-state index in [0.717, 1.165) is 34.3 Å². The van der Waals surface area contributed by atoms with Crippen molar-refractivity contribution in [3.05, 3.63) is 63.6 Å². The number of rotatable bonds is 6. The Balaban J connectivity index is 1.77. The van der Waals surface area contributed by atoms with E-state index in [9.17, 15) is 27.6 Å². The fourth-order valence-electron chi connectivity index (χ4n) is 2.28. The highest BCUT2D eigenvalue weighted by Gasteiger charge is 2.30. The molecule has 0 aliphatic heterocycles. The molecule has 0 unspecified atom stereocenters. The lowest BCUT2D eigenvalue weighted by Gasteiger charge is -2.10. The molecule has 3 N–H and O–H groups in total. The van der Waals surface area contributed by atoms with E-state index in [1.54, 1.807) is 12.1 Å². The van der Waals surface area contributed by atoms with E-state index in [2.05, 4.69) is 31.9 Å². The number of aryl methyl sites for hydroxylation is 1. The molecule has 0 radical (unpaired) electrons. The zero-order valence-electron chi connectivity index (χ0n) is 15.2. The molecule has 0 aliphatic carbocycles. The number of halogens is 4. The highest BCUT2D eigenvalue weighted by molar-refractivity contribution is 9.10. The Labute approximate surface area is 173 Å². The first-order valence-corrected chi connectivity index (χ1v) is 9.13. The molecular formula is C19H17BrF3N3O3. The Morgan fingerprint density at radius 1 is 0.931 bits per heavy atom. The minimum absolute atomic E-state index is 0.0192. The summed E-state index contributed by atoms with van der Waals surface area (Å²) in [6, 6.07) is 8.90. The zero-order chi connectivity index (χ0) is 21.6. The number of hydrogen-bond acceptors (Lipinski definition) is 3. The summed E-state index contributed by atoms with van der Waals surface area (Å²) in [6.07, 6.45) is -4.50. The number of nitrogens with one attached hydrogen (secondary N) is 3. The van der Waals surface area contributed by atoms with Gasteiger partial charge in [-0.3, -0.25) is 14.4 Å². The second kappa shape index (κ2) is 9.55. The molecule has 0 saturated heterocycles. The summed E-state index contributed by atoms with van der Waals surface area (Å²) in [7, 11) is 0. The van der Waals surface area contributed by atoms with Gasteiger partial charge in [-0.2, -0.15) is 13.2 Å². The summed E-state index contributed by atoms with van der Waals surface area (Å²) in [5, 5.41) is 7.27. The SMILES string of the molecule is Cc1cc(Br)ccc1NC(=O)CNC(=O)CNC(=O)c1ccc(C(F)(F)F)cc1. The van der Waals surface area contributed by atoms with Crippen molar-refractivity contribution in [3.63, 3.8) is 0 Å². The van der Waals surface area contributed by atoms with Crippen LogP contribution in [0.1, 0.15) is 21.5 Å². The van der Waals surface area contributed by atoms with Gasteiger partial charge >= 0.3 is 6.18 Å². The standard InChI is InChI=1S/C19H17BrF3N3O3/c1-11-8-14(20)6-7-15(11)26-17(28)10-24-16(27)9-25-18(29)12-2-4-13(5-3-12)19(21,22)23/h2-8H,9-10H2,1H3,(H,24,27)(H,25,29)(H,26,28). The van der Waals surface area contributed by atoms with Crippen LogP contribution in [-0.2, 0) is 15.8 Å². The van der Waals surface area contributed by atoms with Gasteiger partial charge in [-0.15, -0.1) is 0 Å². The maximum absolute atomic E-state index is 12.5. The van der Waals surface area contributed by atoms with Crippen LogP contribution in [0, 0.1) is 6.92 Å². The second-order valence-corrected chi connectivity index (χ2v) is 6.96. The van der Waals surface area contributed by atoms with Gasteiger partial charge in [0.1, 0.15) is 0 Å². The van der Waals surface area contributed by atoms with E-state index in [4.69, 9.17) is 0 Å². The van der Waals surface area contributed by atoms with E-state index in [1.807, 2.05) is 13.0 Å². The molecule has 0 saturated carbocycles. The van der Waals surface area contributed by atoms with E-state index < -0.39 is 36.0 Å². The first-order chi connectivity index (χ1) is 13.6. The third kappa shape index (κ3) is 6.90. The van der Waals surface area contributed by atoms with Gasteiger partial charge in [-0.05, 0) is 55.0 Å². The Morgan fingerprint density at radius 3 is 2.14 bits per heavy atom. The molecule has 2 aromatic carbocycles. The summed E-state index contributed by atoms with van der Waals surface area (Å²) in [6.45, 7) is 1.09. The van der Waals surface area contributed by atoms with Crippen molar-refractivity contribution in [1.82, 2.24) is 10.6 Å². The van der Waals surface area contributed by atoms with Gasteiger partial charge in [-0.25, -0.2) is 0 Å². The maximum Gasteiger partial charge on any atom is 0.416 e. The van der Waals surface area contributed by atoms with Crippen molar-refractivity contribution >= 4 is 39.3 Å². The predicted octanol–water partition coefficient (Wildman–Crippen LogP) is 3.26. The molecule has 154 valence electrons. The number of carbonyl (C=O) groups excluding carboxylic acids is 3. The molecule has 29 heavy (non-hydrogen) atoms. The summed E-state index contributed by atoms with van der Waals surface area (Å²) < 4.78 is 38.4. The molecule has 0 aliphatic rings. The first-order valence-electron chi connectivity index (χ1n) is 8.34. The minimum Gasteiger partial charge on any atom is -0.345 e. The zero-order valence-corrected chi connectivity index (χ0v) is 16.8. The van der Waals surface area contributed by atoms with Crippen LogP contribution in [0.4, 0.5) is 18.9 Å². The van der Waals surface area contributed by atoms with Crippen LogP contribution in [0.2, 0.25) is 0 Å². The molecule has 0 atom stereocenters. The van der Waals surface area contributed by atoms with Crippen LogP contribution < -0.4 is 16.0 Å². The van der Waals surface area contributed by atoms with E-state index in [1.165, 1.54) is 0 Å². The molecule has 0 bridgehead atoms. The lowest BCUT2D eigenvalue weighted by atomic mass is 10.1. The fraction of sp³-hybridized carbons (Fsp3) is 0.211. The van der Waals surface area contributed by atoms with Gasteiger partial charge in [0.15, 0.2) is 0 Å². The van der Waals surface area contributed by atoms with Gasteiger partial charge in [0.05, 0.1) is 18.7 Å². The number of hydrogen-bond donors (Lipinski definition) is 3. The summed E-state index contributed by atoms with van der Waals surface area (Å²) in [4.78, 5) is 35.6. The molecular weight excluding hydrogens is 455 g/mol. The quantitative estimate of drug-likeness (QED) is 0.604. The van der Waals surface area contributed by atoms with Crippen LogP contribution in [0.5, 0.6) is 0 Å². The lowest BCUT2D eigenvalue weighted by molar-refractivity contribution is -0.137. The second-order valence-electron chi connectivity index (χ2n) is 6.04. The third-order valence-electron chi connectivity index (χ3n) is 3.79. The molecule has 2 rings (SSSR count). The van der Waals surface area contributed by atoms with Crippen molar-refractivity contribution in [2.24, 2.45) is 0 Å². The van der Waals surface area contributed by atoms with E-state index in [0.29, 0.717) is 5.69 Å². The predicted molar refractivity (Wildman–Crippen MR) is 104 cm³/mol. The minimum atomic E-state index is -4.50. The fourth-order valence-corrected chi connectivity index (χ4v) is 2.75. The van der Waals surface area contributed by atoms with Gasteiger partial charge < -0.3 is 16.0 Å². The number of alkyl halides is 3. The number of carbonyl (C=O) groups is 3. The molecule has 3 amide bonds. The Kier molecular flexibility index (Phi) is 7.38. The van der Waals surface area contributed by atoms with Crippen LogP contribution >= 0.6 is 15.9 Å². The molecule has 0 spiro atoms. The van der Waals surface area contributed by atoms with E-state index in [-0.39, 0.29) is 12.1 Å². The van der Waals surface area contributed by atoms with Crippen LogP contribution in [0.3, 0.4) is 0 Å². The largest absolute Gasteiger partial charge is 0.416 e. The summed E-state index contributed by atoms with van der Waals surface area (Å²) in [5.74, 6) is -1.77. The van der Waals surface area contributed by atoms with Crippen molar-refractivity contribution in [2.75, 3.05) is 18.4 Å². The first kappa shape index (κ1) is 22.4. The highest BCUT2D eigenvalue weighted by Crippen LogP contribution is 2.29. The number of amides is 3. The molecule has 0 heterocycles. The van der Waals surface area contributed by atoms with Crippen molar-refractivity contribution in [1.29, 1.82) is 0 Å². The molecule has 0 aromatic heterocycles. The lowest BCUT2D eigenvalue weighted by Crippen LogP contribution is -2.40. The maximum atomic E-state index is 12.5. The van der Waals surface area contributed by atoms with Crippen LogP contribution in [0.15, 0.2) is 46.9 Å². The van der Waals surface area contributed by atoms with Gasteiger partial charge in [0, 0.05) is 15.7 Å².